The van der Waals surface area contributed by atoms with Gasteiger partial charge < -0.3 is 10.2 Å². The summed E-state index contributed by atoms with van der Waals surface area (Å²) in [6.07, 6.45) is 4.27. The Morgan fingerprint density at radius 2 is 1.89 bits per heavy atom. The lowest BCUT2D eigenvalue weighted by molar-refractivity contribution is 0.238. The van der Waals surface area contributed by atoms with E-state index < -0.39 is 0 Å². The van der Waals surface area contributed by atoms with Crippen LogP contribution in [0.2, 0.25) is 0 Å². The Hall–Kier alpha value is -1.45. The van der Waals surface area contributed by atoms with Crippen LogP contribution in [0.4, 0.5) is 0 Å². The summed E-state index contributed by atoms with van der Waals surface area (Å²) < 4.78 is 0. The molecule has 0 amide bonds. The maximum Gasteiger partial charge on any atom is 0.0410 e. The Kier molecular flexibility index (Phi) is 4.06. The van der Waals surface area contributed by atoms with Crippen molar-refractivity contribution in [2.24, 2.45) is 0 Å². The molecule has 1 saturated heterocycles. The highest BCUT2D eigenvalue weighted by Crippen LogP contribution is 2.14. The fourth-order valence-corrected chi connectivity index (χ4v) is 2.68. The van der Waals surface area contributed by atoms with Gasteiger partial charge in [-0.2, -0.15) is 0 Å². The van der Waals surface area contributed by atoms with Crippen LogP contribution < -0.4 is 5.32 Å². The topological polar surface area (TPSA) is 28.2 Å². The van der Waals surface area contributed by atoms with E-state index in [0.29, 0.717) is 0 Å². The summed E-state index contributed by atoms with van der Waals surface area (Å²) in [4.78, 5) is 7.10. The number of fused-ring (bicyclic) bond motifs is 1. The van der Waals surface area contributed by atoms with Crippen molar-refractivity contribution in [3.05, 3.63) is 42.2 Å². The van der Waals surface area contributed by atoms with E-state index in [1.54, 1.807) is 0 Å². The first kappa shape index (κ1) is 12.6. The lowest BCUT2D eigenvalue weighted by Gasteiger charge is -2.26. The molecule has 1 aromatic carbocycles. The molecule has 2 aromatic rings. The summed E-state index contributed by atoms with van der Waals surface area (Å²) in [6, 6.07) is 10.7. The number of aromatic nitrogens is 1. The summed E-state index contributed by atoms with van der Waals surface area (Å²) >= 11 is 0. The zero-order chi connectivity index (χ0) is 12.9. The average Bonchev–Trinajstić information content (AvgIpc) is 2.48. The average molecular weight is 255 g/mol. The second-order valence-corrected chi connectivity index (χ2v) is 5.22. The SMILES string of the molecule is c1ccc2cc(CCCN3CCNCC3)ncc2c1. The summed E-state index contributed by atoms with van der Waals surface area (Å²) in [5.41, 5.74) is 1.22. The van der Waals surface area contributed by atoms with Crippen molar-refractivity contribution >= 4 is 10.8 Å². The third kappa shape index (κ3) is 3.31. The fraction of sp³-hybridized carbons (Fsp3) is 0.438. The van der Waals surface area contributed by atoms with E-state index in [1.807, 2.05) is 6.20 Å². The number of aryl methyl sites for hydroxylation is 1. The van der Waals surface area contributed by atoms with E-state index in [4.69, 9.17) is 0 Å². The Bertz CT molecular complexity index is 532. The second kappa shape index (κ2) is 6.13. The highest BCUT2D eigenvalue weighted by Gasteiger charge is 2.08. The van der Waals surface area contributed by atoms with Gasteiger partial charge >= 0.3 is 0 Å². The molecular formula is C16H21N3. The maximum atomic E-state index is 4.56. The van der Waals surface area contributed by atoms with Gasteiger partial charge in [0.1, 0.15) is 0 Å². The first-order valence-electron chi connectivity index (χ1n) is 7.18. The highest BCUT2D eigenvalue weighted by molar-refractivity contribution is 5.81. The summed E-state index contributed by atoms with van der Waals surface area (Å²) in [7, 11) is 0. The number of piperazine rings is 1. The largest absolute Gasteiger partial charge is 0.314 e. The molecule has 1 aliphatic rings. The molecule has 1 aromatic heterocycles. The van der Waals surface area contributed by atoms with Gasteiger partial charge in [0.15, 0.2) is 0 Å². The van der Waals surface area contributed by atoms with Crippen LogP contribution >= 0.6 is 0 Å². The van der Waals surface area contributed by atoms with E-state index in [0.717, 1.165) is 19.5 Å². The quantitative estimate of drug-likeness (QED) is 0.906. The molecule has 100 valence electrons. The third-order valence-electron chi connectivity index (χ3n) is 3.80. The number of hydrogen-bond donors (Lipinski definition) is 1. The molecule has 0 saturated carbocycles. The molecule has 0 spiro atoms. The molecule has 0 atom stereocenters. The summed E-state index contributed by atoms with van der Waals surface area (Å²) in [6.45, 7) is 5.83. The van der Waals surface area contributed by atoms with Crippen LogP contribution in [0.25, 0.3) is 10.8 Å². The molecule has 0 radical (unpaired) electrons. The summed E-state index contributed by atoms with van der Waals surface area (Å²) in [5.74, 6) is 0. The van der Waals surface area contributed by atoms with E-state index in [2.05, 4.69) is 45.5 Å². The van der Waals surface area contributed by atoms with Gasteiger partial charge in [0, 0.05) is 43.5 Å². The molecule has 3 rings (SSSR count). The van der Waals surface area contributed by atoms with Crippen LogP contribution in [-0.2, 0) is 6.42 Å². The molecule has 1 N–H and O–H groups in total. The predicted octanol–water partition coefficient (Wildman–Crippen LogP) is 2.07. The van der Waals surface area contributed by atoms with Gasteiger partial charge in [-0.3, -0.25) is 4.98 Å². The van der Waals surface area contributed by atoms with E-state index in [9.17, 15) is 0 Å². The van der Waals surface area contributed by atoms with Gasteiger partial charge in [0.05, 0.1) is 0 Å². The van der Waals surface area contributed by atoms with Crippen molar-refractivity contribution in [1.82, 2.24) is 15.2 Å². The predicted molar refractivity (Wildman–Crippen MR) is 79.4 cm³/mol. The van der Waals surface area contributed by atoms with Crippen LogP contribution in [0.5, 0.6) is 0 Å². The fourth-order valence-electron chi connectivity index (χ4n) is 2.68. The molecule has 3 nitrogen and oxygen atoms in total. The molecule has 3 heteroatoms. The smallest absolute Gasteiger partial charge is 0.0410 e. The third-order valence-corrected chi connectivity index (χ3v) is 3.80. The number of rotatable bonds is 4. The minimum atomic E-state index is 1.08. The van der Waals surface area contributed by atoms with Gasteiger partial charge in [0.25, 0.3) is 0 Å². The molecule has 0 bridgehead atoms. The van der Waals surface area contributed by atoms with Crippen molar-refractivity contribution in [2.45, 2.75) is 12.8 Å². The molecular weight excluding hydrogens is 234 g/mol. The van der Waals surface area contributed by atoms with E-state index >= 15 is 0 Å². The Morgan fingerprint density at radius 1 is 1.11 bits per heavy atom. The number of nitrogens with zero attached hydrogens (tertiary/aromatic N) is 2. The normalized spacial score (nSPS) is 16.8. The number of benzene rings is 1. The second-order valence-electron chi connectivity index (χ2n) is 5.22. The van der Waals surface area contributed by atoms with Crippen LogP contribution in [0.1, 0.15) is 12.1 Å². The number of nitrogens with one attached hydrogen (secondary N) is 1. The molecule has 0 aliphatic carbocycles. The van der Waals surface area contributed by atoms with Gasteiger partial charge in [-0.1, -0.05) is 24.3 Å². The lowest BCUT2D eigenvalue weighted by atomic mass is 10.1. The van der Waals surface area contributed by atoms with Crippen molar-refractivity contribution in [1.29, 1.82) is 0 Å². The van der Waals surface area contributed by atoms with Crippen molar-refractivity contribution in [3.63, 3.8) is 0 Å². The number of hydrogen-bond acceptors (Lipinski definition) is 3. The van der Waals surface area contributed by atoms with Gasteiger partial charge in [-0.15, -0.1) is 0 Å². The Labute approximate surface area is 114 Å². The van der Waals surface area contributed by atoms with Gasteiger partial charge in [-0.25, -0.2) is 0 Å². The van der Waals surface area contributed by atoms with Gasteiger partial charge in [-0.05, 0) is 30.8 Å². The van der Waals surface area contributed by atoms with Crippen LogP contribution in [-0.4, -0.2) is 42.6 Å². The minimum absolute atomic E-state index is 1.08. The Morgan fingerprint density at radius 3 is 2.74 bits per heavy atom. The van der Waals surface area contributed by atoms with Crippen molar-refractivity contribution in [3.8, 4) is 0 Å². The van der Waals surface area contributed by atoms with Crippen LogP contribution in [0.3, 0.4) is 0 Å². The van der Waals surface area contributed by atoms with Crippen molar-refractivity contribution < 1.29 is 0 Å². The highest BCUT2D eigenvalue weighted by atomic mass is 15.2. The lowest BCUT2D eigenvalue weighted by Crippen LogP contribution is -2.43. The Balaban J connectivity index is 1.56. The van der Waals surface area contributed by atoms with Crippen LogP contribution in [0.15, 0.2) is 36.5 Å². The number of pyridine rings is 1. The summed E-state index contributed by atoms with van der Waals surface area (Å²) in [5, 5.41) is 5.92. The standard InChI is InChI=1S/C16H21N3/c1-2-5-15-13-18-16(12-14(15)4-1)6-3-9-19-10-7-17-8-11-19/h1-2,4-5,12-13,17H,3,6-11H2. The van der Waals surface area contributed by atoms with Crippen LogP contribution in [0, 0.1) is 0 Å². The van der Waals surface area contributed by atoms with Crippen molar-refractivity contribution in [2.75, 3.05) is 32.7 Å². The molecule has 1 aliphatic heterocycles. The zero-order valence-corrected chi connectivity index (χ0v) is 11.3. The molecule has 1 fully saturated rings. The minimum Gasteiger partial charge on any atom is -0.314 e. The molecule has 19 heavy (non-hydrogen) atoms. The monoisotopic (exact) mass is 255 g/mol. The maximum absolute atomic E-state index is 4.56. The van der Waals surface area contributed by atoms with E-state index in [1.165, 1.54) is 42.5 Å². The first-order valence-corrected chi connectivity index (χ1v) is 7.18. The zero-order valence-electron chi connectivity index (χ0n) is 11.3. The first-order chi connectivity index (χ1) is 9.42. The molecule has 2 heterocycles. The van der Waals surface area contributed by atoms with Gasteiger partial charge in [0.2, 0.25) is 0 Å². The molecule has 0 unspecified atom stereocenters. The van der Waals surface area contributed by atoms with E-state index in [-0.39, 0.29) is 0 Å².